The molecule has 302 valence electrons. The Balaban J connectivity index is 0.000000881. The normalized spacial score (nSPS) is 14.3. The first-order valence-electron chi connectivity index (χ1n) is 19.1. The zero-order valence-corrected chi connectivity index (χ0v) is 34.6. The molecule has 0 aliphatic heterocycles. The monoisotopic (exact) mass is 772 g/mol. The highest BCUT2D eigenvalue weighted by molar-refractivity contribution is 7.09. The molecule has 0 spiro atoms. The Morgan fingerprint density at radius 1 is 1.07 bits per heavy atom. The van der Waals surface area contributed by atoms with Gasteiger partial charge in [-0.1, -0.05) is 53.2 Å². The zero-order valence-electron chi connectivity index (χ0n) is 33.8. The molecule has 2 aromatic heterocycles. The molecular formula is C40H64N6O7S. The van der Waals surface area contributed by atoms with E-state index in [4.69, 9.17) is 15.2 Å². The van der Waals surface area contributed by atoms with Gasteiger partial charge in [0.05, 0.1) is 13.0 Å². The van der Waals surface area contributed by atoms with Crippen molar-refractivity contribution in [1.29, 1.82) is 0 Å². The number of esters is 2. The van der Waals surface area contributed by atoms with Gasteiger partial charge in [0.25, 0.3) is 5.91 Å². The average Bonchev–Trinajstić information content (AvgIpc) is 3.77. The molecule has 0 fully saturated rings. The van der Waals surface area contributed by atoms with Gasteiger partial charge in [0.1, 0.15) is 10.7 Å². The van der Waals surface area contributed by atoms with Crippen LogP contribution in [-0.4, -0.2) is 84.4 Å². The van der Waals surface area contributed by atoms with Crippen molar-refractivity contribution in [2.75, 3.05) is 27.7 Å². The molecule has 5 N–H and O–H groups in total. The first-order chi connectivity index (χ1) is 25.6. The maximum absolute atomic E-state index is 13.5. The van der Waals surface area contributed by atoms with Crippen LogP contribution in [0, 0.1) is 17.8 Å². The second kappa shape index (κ2) is 23.7. The summed E-state index contributed by atoms with van der Waals surface area (Å²) in [4.78, 5) is 70.7. The van der Waals surface area contributed by atoms with E-state index < -0.39 is 18.0 Å². The van der Waals surface area contributed by atoms with Crippen LogP contribution in [0.5, 0.6) is 0 Å². The lowest BCUT2D eigenvalue weighted by Crippen LogP contribution is -2.42. The molecule has 2 heterocycles. The quantitative estimate of drug-likeness (QED) is 0.0907. The van der Waals surface area contributed by atoms with Crippen molar-refractivity contribution in [2.45, 2.75) is 124 Å². The van der Waals surface area contributed by atoms with Gasteiger partial charge >= 0.3 is 11.9 Å². The molecule has 3 amide bonds. The van der Waals surface area contributed by atoms with E-state index in [9.17, 15) is 24.0 Å². The number of primary amides is 1. The number of thiazole rings is 1. The highest BCUT2D eigenvalue weighted by atomic mass is 32.1. The van der Waals surface area contributed by atoms with E-state index in [1.54, 1.807) is 24.3 Å². The van der Waals surface area contributed by atoms with Crippen LogP contribution in [0.3, 0.4) is 0 Å². The van der Waals surface area contributed by atoms with Crippen molar-refractivity contribution >= 4 is 47.1 Å². The molecule has 2 aromatic rings. The Kier molecular flexibility index (Phi) is 20.2. The van der Waals surface area contributed by atoms with Crippen LogP contribution in [0.4, 0.5) is 0 Å². The van der Waals surface area contributed by atoms with E-state index in [-0.39, 0.29) is 53.3 Å². The minimum Gasteiger partial charge on any atom is -0.469 e. The summed E-state index contributed by atoms with van der Waals surface area (Å²) in [7, 11) is 5.07. The fraction of sp³-hybridized carbons (Fsp3) is 0.650. The predicted molar refractivity (Wildman–Crippen MR) is 213 cm³/mol. The molecule has 0 radical (unpaired) electrons. The molecule has 4 unspecified atom stereocenters. The van der Waals surface area contributed by atoms with Gasteiger partial charge in [-0.15, -0.1) is 11.3 Å². The van der Waals surface area contributed by atoms with E-state index in [0.29, 0.717) is 37.1 Å². The van der Waals surface area contributed by atoms with E-state index >= 15 is 0 Å². The Morgan fingerprint density at radius 2 is 1.80 bits per heavy atom. The number of H-pyrrole nitrogens is 1. The van der Waals surface area contributed by atoms with Crippen LogP contribution in [0.2, 0.25) is 0 Å². The van der Waals surface area contributed by atoms with Crippen molar-refractivity contribution in [3.8, 4) is 0 Å². The number of aryl methyl sites for hydroxylation is 1. The lowest BCUT2D eigenvalue weighted by Gasteiger charge is -2.34. The van der Waals surface area contributed by atoms with Crippen molar-refractivity contribution < 1.29 is 33.4 Å². The smallest absolute Gasteiger partial charge is 0.308 e. The fourth-order valence-corrected chi connectivity index (χ4v) is 7.31. The third-order valence-corrected chi connectivity index (χ3v) is 10.3. The third-order valence-electron chi connectivity index (χ3n) is 9.37. The number of nitrogens with zero attached hydrogens (tertiary/aromatic N) is 2. The number of rotatable bonds is 21. The number of nitrogens with two attached hydrogens (primary N) is 1. The molecule has 0 saturated heterocycles. The van der Waals surface area contributed by atoms with Crippen molar-refractivity contribution in [1.82, 2.24) is 25.5 Å². The van der Waals surface area contributed by atoms with Gasteiger partial charge in [-0.25, -0.2) is 4.98 Å². The number of fused-ring (bicyclic) bond motifs is 1. The summed E-state index contributed by atoms with van der Waals surface area (Å²) >= 11 is 1.25. The second-order valence-corrected chi connectivity index (χ2v) is 15.8. The molecule has 0 bridgehead atoms. The lowest BCUT2D eigenvalue weighted by atomic mass is 9.93. The number of hydrogen-bond donors (Lipinski definition) is 4. The lowest BCUT2D eigenvalue weighted by molar-refractivity contribution is -0.148. The fourth-order valence-electron chi connectivity index (χ4n) is 6.47. The van der Waals surface area contributed by atoms with E-state index in [2.05, 4.69) is 32.8 Å². The first kappa shape index (κ1) is 46.1. The van der Waals surface area contributed by atoms with E-state index in [1.165, 1.54) is 31.1 Å². The number of unbranched alkanes of at least 4 members (excludes halogenated alkanes) is 2. The maximum Gasteiger partial charge on any atom is 0.308 e. The Labute approximate surface area is 325 Å². The second-order valence-electron chi connectivity index (χ2n) is 14.9. The third kappa shape index (κ3) is 15.7. The molecule has 4 atom stereocenters. The van der Waals surface area contributed by atoms with Crippen LogP contribution < -0.4 is 16.4 Å². The summed E-state index contributed by atoms with van der Waals surface area (Å²) in [6.45, 7) is 12.2. The number of nitrogens with one attached hydrogen (secondary N) is 3. The summed E-state index contributed by atoms with van der Waals surface area (Å²) in [5.41, 5.74) is 8.54. The minimum absolute atomic E-state index is 0.0332. The molecular weight excluding hydrogens is 709 g/mol. The number of aromatic amines is 1. The molecule has 0 saturated carbocycles. The van der Waals surface area contributed by atoms with Gasteiger partial charge in [0, 0.05) is 62.6 Å². The number of methoxy groups -OCH3 is 1. The molecule has 1 aliphatic carbocycles. The minimum atomic E-state index is -0.714. The number of hydrogen-bond acceptors (Lipinski definition) is 10. The Bertz CT molecular complexity index is 1530. The van der Waals surface area contributed by atoms with Gasteiger partial charge in [0.2, 0.25) is 11.8 Å². The Hall–Kier alpha value is -4.04. The van der Waals surface area contributed by atoms with Crippen molar-refractivity contribution in [3.63, 3.8) is 0 Å². The summed E-state index contributed by atoms with van der Waals surface area (Å²) in [5.74, 6) is -1.42. The summed E-state index contributed by atoms with van der Waals surface area (Å²) in [6, 6.07) is -0.551. The molecule has 13 nitrogen and oxygen atoms in total. The Morgan fingerprint density at radius 3 is 2.41 bits per heavy atom. The maximum atomic E-state index is 13.5. The van der Waals surface area contributed by atoms with Crippen LogP contribution >= 0.6 is 11.3 Å². The van der Waals surface area contributed by atoms with E-state index in [0.717, 1.165) is 49.8 Å². The van der Waals surface area contributed by atoms with Gasteiger partial charge in [-0.3, -0.25) is 24.0 Å². The topological polar surface area (TPSA) is 186 Å². The highest BCUT2D eigenvalue weighted by Gasteiger charge is 2.31. The van der Waals surface area contributed by atoms with Crippen LogP contribution in [0.25, 0.3) is 6.08 Å². The number of carbonyl (C=O) groups is 5. The molecule has 1 aliphatic rings. The summed E-state index contributed by atoms with van der Waals surface area (Å²) in [5, 5.41) is 8.27. The first-order valence-corrected chi connectivity index (χ1v) is 20.0. The standard InChI is InChI=1S/C33H48N4O6S.C7H16N2O/c1-19(2)13-30(39)37(7)28(20(3)4)16-29(43-22(6)38)32-36-27(18-44-32)31(40)35-24(14-21(5)33(41)42-8)15-23-17-34-26-12-10-9-11-25(23)26;1-9-6-4-2-3-5-7(8)10/h9,11,17-21,24,28-29,34H,10,12-16H2,1-8H3,(H,35,40);9H,2-6H2,1H3,(H2,8,10). The zero-order chi connectivity index (χ0) is 40.4. The molecule has 54 heavy (non-hydrogen) atoms. The van der Waals surface area contributed by atoms with Gasteiger partial charge in [0.15, 0.2) is 6.10 Å². The predicted octanol–water partition coefficient (Wildman–Crippen LogP) is 5.75. The van der Waals surface area contributed by atoms with Crippen LogP contribution in [0.15, 0.2) is 17.7 Å². The number of allylic oxidation sites excluding steroid dienone is 1. The van der Waals surface area contributed by atoms with E-state index in [1.807, 2.05) is 40.9 Å². The summed E-state index contributed by atoms with van der Waals surface area (Å²) < 4.78 is 10.6. The largest absolute Gasteiger partial charge is 0.469 e. The van der Waals surface area contributed by atoms with Gasteiger partial charge in [-0.2, -0.15) is 0 Å². The molecule has 14 heteroatoms. The molecule has 0 aromatic carbocycles. The van der Waals surface area contributed by atoms with Gasteiger partial charge < -0.3 is 35.7 Å². The number of aromatic nitrogens is 2. The number of carbonyl (C=O) groups excluding carboxylic acids is 5. The SMILES string of the molecule is CNCCCCCC(N)=O.COC(=O)C(C)CC(Cc1c[nH]c2c1C=CCC2)NC(=O)c1csc(C(CC(C(C)C)N(C)C(=O)CC(C)C)OC(C)=O)n1. The number of ether oxygens (including phenoxy) is 2. The van der Waals surface area contributed by atoms with Crippen molar-refractivity contribution in [2.24, 2.45) is 23.5 Å². The summed E-state index contributed by atoms with van der Waals surface area (Å²) in [6.07, 6.45) is 12.8. The average molecular weight is 773 g/mol. The van der Waals surface area contributed by atoms with Gasteiger partial charge in [-0.05, 0) is 75.1 Å². The molecule has 3 rings (SSSR count). The number of amides is 3. The van der Waals surface area contributed by atoms with Crippen LogP contribution in [-0.2, 0) is 41.5 Å². The highest BCUT2D eigenvalue weighted by Crippen LogP contribution is 2.31. The van der Waals surface area contributed by atoms with Crippen molar-refractivity contribution in [3.05, 3.63) is 45.2 Å². The van der Waals surface area contributed by atoms with Crippen LogP contribution in [0.1, 0.15) is 131 Å².